The normalized spacial score (nSPS) is 11.8. The number of aromatic carboxylic acids is 1. The van der Waals surface area contributed by atoms with Crippen LogP contribution in [0.1, 0.15) is 25.9 Å². The van der Waals surface area contributed by atoms with Crippen molar-refractivity contribution in [3.63, 3.8) is 0 Å². The summed E-state index contributed by atoms with van der Waals surface area (Å²) < 4.78 is 105. The van der Waals surface area contributed by atoms with Gasteiger partial charge in [0.05, 0.1) is 12.8 Å². The van der Waals surface area contributed by atoms with Crippen molar-refractivity contribution in [1.82, 2.24) is 19.9 Å². The van der Waals surface area contributed by atoms with E-state index in [-0.39, 0.29) is 31.4 Å². The number of fused-ring (bicyclic) bond motifs is 2. The molecule has 0 saturated heterocycles. The summed E-state index contributed by atoms with van der Waals surface area (Å²) in [6, 6.07) is 4.32. The molecular formula is C18H11F6N5O6S3. The molecule has 0 radical (unpaired) electrons. The minimum atomic E-state index is -4.67. The van der Waals surface area contributed by atoms with Gasteiger partial charge in [0.1, 0.15) is 28.4 Å². The molecule has 0 bridgehead atoms. The molecule has 0 amide bonds. The Morgan fingerprint density at radius 3 is 1.71 bits per heavy atom. The molecule has 204 valence electrons. The fourth-order valence-corrected chi connectivity index (χ4v) is 4.69. The fraction of sp³-hybridized carbons (Fsp3) is 0.222. The Kier molecular flexibility index (Phi) is 9.62. The molecule has 0 atom stereocenters. The average molecular weight is 604 g/mol. The molecule has 20 heteroatoms. The average Bonchev–Trinajstić information content (AvgIpc) is 3.32. The van der Waals surface area contributed by atoms with Crippen LogP contribution in [0.15, 0.2) is 24.8 Å². The van der Waals surface area contributed by atoms with Crippen LogP contribution in [0.3, 0.4) is 0 Å². The number of halogens is 6. The van der Waals surface area contributed by atoms with Gasteiger partial charge < -0.3 is 5.11 Å². The van der Waals surface area contributed by atoms with Crippen LogP contribution in [0.25, 0.3) is 20.4 Å². The highest BCUT2D eigenvalue weighted by atomic mass is 32.3. The number of carboxylic acids is 1. The molecule has 38 heavy (non-hydrogen) atoms. The smallest absolute Gasteiger partial charge is 0.394 e. The predicted octanol–water partition coefficient (Wildman–Crippen LogP) is 4.51. The van der Waals surface area contributed by atoms with Gasteiger partial charge in [0.25, 0.3) is 0 Å². The number of rotatable bonds is 3. The number of carbonyl (C=O) groups is 1. The highest BCUT2D eigenvalue weighted by Crippen LogP contribution is 2.31. The van der Waals surface area contributed by atoms with E-state index >= 15 is 0 Å². The van der Waals surface area contributed by atoms with Crippen LogP contribution < -0.4 is 0 Å². The first-order chi connectivity index (χ1) is 17.4. The highest BCUT2D eigenvalue weighted by Gasteiger charge is 2.30. The lowest BCUT2D eigenvalue weighted by atomic mass is 10.2. The van der Waals surface area contributed by atoms with Crippen molar-refractivity contribution in [2.75, 3.05) is 0 Å². The number of nitrogens with zero attached hydrogens (tertiary/aromatic N) is 5. The summed E-state index contributed by atoms with van der Waals surface area (Å²) in [6.45, 7) is 0. The topological polar surface area (TPSA) is 187 Å². The lowest BCUT2D eigenvalue weighted by Gasteiger charge is -2.01. The summed E-state index contributed by atoms with van der Waals surface area (Å²) in [5.74, 6) is -1.28. The van der Waals surface area contributed by atoms with Crippen LogP contribution in [0.5, 0.6) is 0 Å². The second kappa shape index (κ2) is 11.9. The maximum atomic E-state index is 12.2. The third-order valence-electron chi connectivity index (χ3n) is 3.82. The van der Waals surface area contributed by atoms with Gasteiger partial charge in [0.15, 0.2) is 11.4 Å². The quantitative estimate of drug-likeness (QED) is 0.221. The third kappa shape index (κ3) is 10.1. The van der Waals surface area contributed by atoms with Gasteiger partial charge in [-0.25, -0.2) is 24.7 Å². The molecule has 0 aliphatic heterocycles. The molecule has 0 aromatic carbocycles. The number of alkyl halides is 6. The Hall–Kier alpha value is -3.51. The molecule has 0 unspecified atom stereocenters. The maximum absolute atomic E-state index is 12.2. The fourth-order valence-electron chi connectivity index (χ4n) is 2.64. The van der Waals surface area contributed by atoms with E-state index in [0.717, 1.165) is 29.0 Å². The standard InChI is InChI=1S/C9H4F3N3S.C9H5F3N2O2S.H2O4S/c10-9(11,12)2-5-1-6-7(3-13)14-4-15-8(6)16-5;10-9(11,12)2-4-1-5-6(8(15)16)13-3-14-7(5)17-4;1-5(2,3)4/h1,4H,2H2;1,3H,2H2,(H,15,16);(H2,1,2,3,4). The number of hydrogen-bond donors (Lipinski definition) is 3. The van der Waals surface area contributed by atoms with Gasteiger partial charge in [0.2, 0.25) is 0 Å². The Labute approximate surface area is 215 Å². The summed E-state index contributed by atoms with van der Waals surface area (Å²) >= 11 is 1.75. The summed E-state index contributed by atoms with van der Waals surface area (Å²) in [7, 11) is -4.67. The number of aromatic nitrogens is 4. The lowest BCUT2D eigenvalue weighted by Crippen LogP contribution is -2.10. The second-order valence-corrected chi connectivity index (χ2v) is 9.88. The van der Waals surface area contributed by atoms with Crippen LogP contribution in [0, 0.1) is 11.3 Å². The number of hydrogen-bond acceptors (Lipinski definition) is 10. The summed E-state index contributed by atoms with van der Waals surface area (Å²) in [5.41, 5.74) is -0.172. The largest absolute Gasteiger partial charge is 0.476 e. The molecule has 4 rings (SSSR count). The van der Waals surface area contributed by atoms with E-state index in [9.17, 15) is 31.1 Å². The summed E-state index contributed by atoms with van der Waals surface area (Å²) in [5, 5.41) is 18.1. The number of carboxylic acid groups (broad SMARTS) is 1. The van der Waals surface area contributed by atoms with E-state index in [2.05, 4.69) is 19.9 Å². The van der Waals surface area contributed by atoms with Crippen LogP contribution in [-0.4, -0.2) is 60.9 Å². The Bertz CT molecular complexity index is 1590. The summed E-state index contributed by atoms with van der Waals surface area (Å²) in [6.07, 6.45) is -8.46. The van der Waals surface area contributed by atoms with Gasteiger partial charge in [-0.3, -0.25) is 9.11 Å². The lowest BCUT2D eigenvalue weighted by molar-refractivity contribution is -0.127. The van der Waals surface area contributed by atoms with E-state index < -0.39 is 41.6 Å². The van der Waals surface area contributed by atoms with Gasteiger partial charge >= 0.3 is 28.7 Å². The zero-order valence-electron chi connectivity index (χ0n) is 18.0. The Morgan fingerprint density at radius 2 is 1.29 bits per heavy atom. The Morgan fingerprint density at radius 1 is 0.868 bits per heavy atom. The molecule has 0 spiro atoms. The molecule has 0 saturated carbocycles. The van der Waals surface area contributed by atoms with Crippen molar-refractivity contribution < 1.29 is 53.8 Å². The van der Waals surface area contributed by atoms with Gasteiger partial charge in [-0.05, 0) is 12.1 Å². The zero-order chi connectivity index (χ0) is 28.9. The van der Waals surface area contributed by atoms with Gasteiger partial charge in [-0.15, -0.1) is 22.7 Å². The van der Waals surface area contributed by atoms with E-state index in [1.807, 2.05) is 6.07 Å². The van der Waals surface area contributed by atoms with Crippen LogP contribution >= 0.6 is 22.7 Å². The van der Waals surface area contributed by atoms with Crippen LogP contribution in [-0.2, 0) is 23.2 Å². The molecule has 4 aromatic rings. The molecule has 0 fully saturated rings. The van der Waals surface area contributed by atoms with Crippen molar-refractivity contribution >= 4 is 59.5 Å². The van der Waals surface area contributed by atoms with Crippen LogP contribution in [0.4, 0.5) is 26.3 Å². The highest BCUT2D eigenvalue weighted by molar-refractivity contribution is 7.79. The SMILES string of the molecule is N#Cc1ncnc2sc(CC(F)(F)F)cc12.O=C(O)c1ncnc2sc(CC(F)(F)F)cc12.O=S(=O)(O)O. The third-order valence-corrected chi connectivity index (χ3v) is 5.90. The summed E-state index contributed by atoms with van der Waals surface area (Å²) in [4.78, 5) is 26.4. The Balaban J connectivity index is 0.000000228. The zero-order valence-corrected chi connectivity index (χ0v) is 20.5. The molecule has 0 aliphatic carbocycles. The first-order valence-corrected chi connectivity index (χ1v) is 12.3. The second-order valence-electron chi connectivity index (χ2n) is 6.76. The minimum absolute atomic E-state index is 0.0236. The van der Waals surface area contributed by atoms with E-state index in [1.165, 1.54) is 18.5 Å². The van der Waals surface area contributed by atoms with Crippen molar-refractivity contribution in [3.8, 4) is 6.07 Å². The molecule has 3 N–H and O–H groups in total. The van der Waals surface area contributed by atoms with E-state index in [4.69, 9.17) is 27.9 Å². The molecule has 4 aromatic heterocycles. The first kappa shape index (κ1) is 30.7. The molecule has 4 heterocycles. The molecule has 0 aliphatic rings. The monoisotopic (exact) mass is 603 g/mol. The van der Waals surface area contributed by atoms with Crippen molar-refractivity contribution in [2.45, 2.75) is 25.2 Å². The van der Waals surface area contributed by atoms with E-state index in [0.29, 0.717) is 10.2 Å². The maximum Gasteiger partial charge on any atom is 0.394 e. The van der Waals surface area contributed by atoms with Crippen LogP contribution in [0.2, 0.25) is 0 Å². The predicted molar refractivity (Wildman–Crippen MR) is 120 cm³/mol. The first-order valence-electron chi connectivity index (χ1n) is 9.30. The van der Waals surface area contributed by atoms with Gasteiger partial charge in [-0.2, -0.15) is 40.0 Å². The van der Waals surface area contributed by atoms with Crippen molar-refractivity contribution in [3.05, 3.63) is 45.9 Å². The van der Waals surface area contributed by atoms with Crippen molar-refractivity contribution in [1.29, 1.82) is 5.26 Å². The molecule has 11 nitrogen and oxygen atoms in total. The molecular weight excluding hydrogens is 592 g/mol. The van der Waals surface area contributed by atoms with Crippen molar-refractivity contribution in [2.24, 2.45) is 0 Å². The number of nitriles is 1. The minimum Gasteiger partial charge on any atom is -0.476 e. The van der Waals surface area contributed by atoms with Gasteiger partial charge in [0, 0.05) is 20.5 Å². The van der Waals surface area contributed by atoms with E-state index in [1.54, 1.807) is 0 Å². The van der Waals surface area contributed by atoms with Gasteiger partial charge in [-0.1, -0.05) is 0 Å². The number of thiophene rings is 2.